The number of rotatable bonds is 5. The molecule has 0 fully saturated rings. The minimum atomic E-state index is -1.65. The van der Waals surface area contributed by atoms with Crippen LogP contribution < -0.4 is 9.39 Å². The van der Waals surface area contributed by atoms with Crippen LogP contribution in [0.4, 0.5) is 22.0 Å². The van der Waals surface area contributed by atoms with Crippen LogP contribution in [0.1, 0.15) is 5.56 Å². The second-order valence-corrected chi connectivity index (χ2v) is 4.10. The average molecular weight is 317 g/mol. The van der Waals surface area contributed by atoms with Gasteiger partial charge in [-0.15, -0.1) is 0 Å². The molecule has 0 aliphatic heterocycles. The monoisotopic (exact) mass is 317 g/mol. The van der Waals surface area contributed by atoms with Gasteiger partial charge in [0, 0.05) is 12.1 Å². The quantitative estimate of drug-likeness (QED) is 0.524. The highest BCUT2D eigenvalue weighted by Crippen LogP contribution is 2.28. The van der Waals surface area contributed by atoms with Gasteiger partial charge in [-0.1, -0.05) is 0 Å². The van der Waals surface area contributed by atoms with E-state index in [1.807, 2.05) is 0 Å². The van der Waals surface area contributed by atoms with Gasteiger partial charge < -0.3 is 14.4 Å². The van der Waals surface area contributed by atoms with E-state index in [1.165, 1.54) is 0 Å². The summed E-state index contributed by atoms with van der Waals surface area (Å²) in [6.07, 6.45) is 0. The molecular weight excluding hydrogens is 310 g/mol. The number of halogens is 5. The minimum Gasteiger partial charge on any atom is -0.537 e. The molecule has 0 aliphatic rings. The van der Waals surface area contributed by atoms with Crippen molar-refractivity contribution in [3.63, 3.8) is 0 Å². The summed E-state index contributed by atoms with van der Waals surface area (Å²) in [5.41, 5.74) is -0.154. The van der Waals surface area contributed by atoms with Crippen molar-refractivity contribution in [3.05, 3.63) is 58.9 Å². The molecule has 2 rings (SSSR count). The summed E-state index contributed by atoms with van der Waals surface area (Å²) in [5, 5.41) is 8.37. The molecule has 2 aromatic carbocycles. The molecule has 0 saturated heterocycles. The van der Waals surface area contributed by atoms with Crippen LogP contribution >= 0.6 is 0 Å². The van der Waals surface area contributed by atoms with Crippen molar-refractivity contribution in [2.24, 2.45) is 0 Å². The number of hydrogen-bond acceptors (Lipinski definition) is 3. The van der Waals surface area contributed by atoms with E-state index in [2.05, 4.69) is 4.65 Å². The van der Waals surface area contributed by atoms with Crippen LogP contribution in [0.3, 0.4) is 0 Å². The van der Waals surface area contributed by atoms with E-state index in [4.69, 9.17) is 9.76 Å². The lowest BCUT2D eigenvalue weighted by molar-refractivity contribution is 0.271. The predicted molar refractivity (Wildman–Crippen MR) is 65.6 cm³/mol. The van der Waals surface area contributed by atoms with Crippen LogP contribution in [0.25, 0.3) is 0 Å². The summed E-state index contributed by atoms with van der Waals surface area (Å²) < 4.78 is 75.2. The first-order valence-corrected chi connectivity index (χ1v) is 5.80. The van der Waals surface area contributed by atoms with Gasteiger partial charge in [0.25, 0.3) is 0 Å². The summed E-state index contributed by atoms with van der Waals surface area (Å²) in [6.45, 7) is -0.589. The van der Waals surface area contributed by atoms with Crippen molar-refractivity contribution >= 4 is 7.69 Å². The lowest BCUT2D eigenvalue weighted by Crippen LogP contribution is -2.04. The molecule has 9 heteroatoms. The molecule has 3 nitrogen and oxygen atoms in total. The molecule has 0 amide bonds. The molecule has 0 atom stereocenters. The van der Waals surface area contributed by atoms with E-state index >= 15 is 0 Å². The zero-order valence-electron chi connectivity index (χ0n) is 10.7. The number of benzene rings is 2. The Kier molecular flexibility index (Phi) is 4.87. The Morgan fingerprint density at radius 2 is 1.41 bits per heavy atom. The molecule has 0 heterocycles. The maximum absolute atomic E-state index is 13.6. The summed E-state index contributed by atoms with van der Waals surface area (Å²) in [4.78, 5) is 0. The van der Waals surface area contributed by atoms with Crippen LogP contribution in [-0.4, -0.2) is 12.7 Å². The van der Waals surface area contributed by atoms with Gasteiger partial charge in [0.05, 0.1) is 0 Å². The highest BCUT2D eigenvalue weighted by atomic mass is 19.2. The largest absolute Gasteiger partial charge is 0.569 e. The third kappa shape index (κ3) is 3.48. The van der Waals surface area contributed by atoms with Crippen molar-refractivity contribution < 1.29 is 36.4 Å². The smallest absolute Gasteiger partial charge is 0.537 e. The summed E-state index contributed by atoms with van der Waals surface area (Å²) in [6, 6.07) is 2.76. The van der Waals surface area contributed by atoms with Gasteiger partial charge in [-0.2, -0.15) is 0 Å². The zero-order chi connectivity index (χ0) is 16.3. The molecular formula is C13H7BF5O3. The van der Waals surface area contributed by atoms with Crippen LogP contribution in [0.2, 0.25) is 0 Å². The molecule has 1 N–H and O–H groups in total. The topological polar surface area (TPSA) is 38.7 Å². The number of ether oxygens (including phenoxy) is 1. The van der Waals surface area contributed by atoms with Gasteiger partial charge in [0.1, 0.15) is 12.4 Å². The highest BCUT2D eigenvalue weighted by Gasteiger charge is 2.15. The molecule has 0 unspecified atom stereocenters. The molecule has 2 aromatic rings. The van der Waals surface area contributed by atoms with Crippen LogP contribution in [0.5, 0.6) is 11.5 Å². The second-order valence-electron chi connectivity index (χ2n) is 4.10. The van der Waals surface area contributed by atoms with Gasteiger partial charge in [-0.25, -0.2) is 22.0 Å². The molecule has 0 aromatic heterocycles. The second kappa shape index (κ2) is 6.65. The Balaban J connectivity index is 2.18. The van der Waals surface area contributed by atoms with Crippen molar-refractivity contribution in [1.82, 2.24) is 0 Å². The van der Waals surface area contributed by atoms with E-state index in [0.717, 1.165) is 12.1 Å². The maximum atomic E-state index is 13.6. The summed E-state index contributed by atoms with van der Waals surface area (Å²) >= 11 is 0. The van der Waals surface area contributed by atoms with Crippen molar-refractivity contribution in [2.75, 3.05) is 0 Å². The standard InChI is InChI=1S/C13H7BF5O3/c15-8-1-6(2-9(16)12(8)19)5-21-13-10(17)3-7(22-14-20)4-11(13)18/h1-4,20H,5H2. The first kappa shape index (κ1) is 16.1. The molecule has 0 bridgehead atoms. The Bertz CT molecular complexity index is 649. The van der Waals surface area contributed by atoms with Crippen molar-refractivity contribution in [1.29, 1.82) is 0 Å². The van der Waals surface area contributed by atoms with Gasteiger partial charge in [-0.05, 0) is 17.7 Å². The fourth-order valence-corrected chi connectivity index (χ4v) is 1.65. The Hall–Kier alpha value is -2.29. The fourth-order valence-electron chi connectivity index (χ4n) is 1.65. The van der Waals surface area contributed by atoms with E-state index in [1.54, 1.807) is 0 Å². The molecule has 0 saturated carbocycles. The fraction of sp³-hybridized carbons (Fsp3) is 0.0769. The van der Waals surface area contributed by atoms with Crippen LogP contribution in [0, 0.1) is 29.1 Å². The predicted octanol–water partition coefficient (Wildman–Crippen LogP) is 2.87. The van der Waals surface area contributed by atoms with E-state index in [0.29, 0.717) is 12.1 Å². The van der Waals surface area contributed by atoms with E-state index in [9.17, 15) is 22.0 Å². The third-order valence-electron chi connectivity index (χ3n) is 2.59. The highest BCUT2D eigenvalue weighted by molar-refractivity contribution is 6.17. The average Bonchev–Trinajstić information content (AvgIpc) is 2.44. The Morgan fingerprint density at radius 3 is 1.91 bits per heavy atom. The molecule has 1 radical (unpaired) electrons. The van der Waals surface area contributed by atoms with E-state index < -0.39 is 41.4 Å². The molecule has 0 spiro atoms. The summed E-state index contributed by atoms with van der Waals surface area (Å²) in [7, 11) is 0.235. The number of hydrogen-bond donors (Lipinski definition) is 1. The van der Waals surface area contributed by atoms with Gasteiger partial charge >= 0.3 is 7.69 Å². The molecule has 0 aliphatic carbocycles. The van der Waals surface area contributed by atoms with Gasteiger partial charge in [-0.3, -0.25) is 0 Å². The normalized spacial score (nSPS) is 10.5. The Labute approximate surface area is 122 Å². The van der Waals surface area contributed by atoms with Crippen LogP contribution in [0.15, 0.2) is 24.3 Å². The lowest BCUT2D eigenvalue weighted by Gasteiger charge is -2.10. The van der Waals surface area contributed by atoms with E-state index in [-0.39, 0.29) is 19.0 Å². The summed E-state index contributed by atoms with van der Waals surface area (Å²) in [5.74, 6) is -7.97. The zero-order valence-corrected chi connectivity index (χ0v) is 10.7. The Morgan fingerprint density at radius 1 is 0.864 bits per heavy atom. The van der Waals surface area contributed by atoms with Gasteiger partial charge in [0.2, 0.25) is 0 Å². The molecule has 115 valence electrons. The van der Waals surface area contributed by atoms with Crippen molar-refractivity contribution in [2.45, 2.75) is 6.61 Å². The first-order chi connectivity index (χ1) is 10.4. The SMILES string of the molecule is O[B]Oc1cc(F)c(OCc2cc(F)c(F)c(F)c2)c(F)c1. The first-order valence-electron chi connectivity index (χ1n) is 5.80. The molecule has 22 heavy (non-hydrogen) atoms. The third-order valence-corrected chi connectivity index (χ3v) is 2.59. The maximum Gasteiger partial charge on any atom is 0.569 e. The van der Waals surface area contributed by atoms with Crippen LogP contribution in [-0.2, 0) is 6.61 Å². The minimum absolute atomic E-state index is 0.154. The lowest BCUT2D eigenvalue weighted by atomic mass is 10.2. The van der Waals surface area contributed by atoms with Crippen molar-refractivity contribution in [3.8, 4) is 11.5 Å². The van der Waals surface area contributed by atoms with Gasteiger partial charge in [0.15, 0.2) is 34.8 Å².